The Morgan fingerprint density at radius 1 is 1.19 bits per heavy atom. The molecule has 2 rings (SSSR count). The first-order valence-electron chi connectivity index (χ1n) is 6.53. The highest BCUT2D eigenvalue weighted by Gasteiger charge is 2.36. The van der Waals surface area contributed by atoms with Crippen molar-refractivity contribution in [2.24, 2.45) is 11.8 Å². The maximum absolute atomic E-state index is 11.5. The van der Waals surface area contributed by atoms with Crippen molar-refractivity contribution in [3.05, 3.63) is 12.2 Å². The number of esters is 1. The molecule has 16 heavy (non-hydrogen) atoms. The topological polar surface area (TPSA) is 26.3 Å². The monoisotopic (exact) mass is 222 g/mol. The Morgan fingerprint density at radius 3 is 2.69 bits per heavy atom. The van der Waals surface area contributed by atoms with Crippen molar-refractivity contribution in [3.8, 4) is 0 Å². The third kappa shape index (κ3) is 2.66. The molecule has 0 spiro atoms. The normalized spacial score (nSPS) is 33.9. The minimum Gasteiger partial charge on any atom is -0.459 e. The first kappa shape index (κ1) is 11.7. The van der Waals surface area contributed by atoms with Crippen molar-refractivity contribution in [1.82, 2.24) is 0 Å². The van der Waals surface area contributed by atoms with Gasteiger partial charge in [0.05, 0.1) is 0 Å². The van der Waals surface area contributed by atoms with Crippen LogP contribution in [0.2, 0.25) is 0 Å². The molecule has 0 amide bonds. The van der Waals surface area contributed by atoms with E-state index in [-0.39, 0.29) is 12.1 Å². The van der Waals surface area contributed by atoms with Gasteiger partial charge in [0.15, 0.2) is 0 Å². The lowest BCUT2D eigenvalue weighted by atomic mass is 9.91. The molecule has 0 aliphatic heterocycles. The van der Waals surface area contributed by atoms with Gasteiger partial charge in [0.1, 0.15) is 6.10 Å². The molecular weight excluding hydrogens is 200 g/mol. The Bertz CT molecular complexity index is 282. The number of rotatable bonds is 2. The lowest BCUT2D eigenvalue weighted by molar-refractivity contribution is -0.146. The molecule has 0 N–H and O–H groups in total. The van der Waals surface area contributed by atoms with Crippen molar-refractivity contribution < 1.29 is 9.53 Å². The van der Waals surface area contributed by atoms with Gasteiger partial charge in [-0.25, -0.2) is 4.79 Å². The summed E-state index contributed by atoms with van der Waals surface area (Å²) < 4.78 is 5.56. The Morgan fingerprint density at radius 2 is 1.94 bits per heavy atom. The zero-order valence-electron chi connectivity index (χ0n) is 10.2. The summed E-state index contributed by atoms with van der Waals surface area (Å²) in [5.74, 6) is 1.22. The van der Waals surface area contributed by atoms with Gasteiger partial charge >= 0.3 is 5.97 Å². The summed E-state index contributed by atoms with van der Waals surface area (Å²) >= 11 is 0. The van der Waals surface area contributed by atoms with Crippen LogP contribution in [-0.4, -0.2) is 12.1 Å². The average molecular weight is 222 g/mol. The summed E-state index contributed by atoms with van der Waals surface area (Å²) in [5.41, 5.74) is 0.525. The molecular formula is C14H22O2. The molecule has 2 saturated carbocycles. The van der Waals surface area contributed by atoms with Crippen molar-refractivity contribution in [3.63, 3.8) is 0 Å². The standard InChI is InChI=1S/C14H22O2/c1-10(2)14(15)16-13-9-11-6-4-3-5-7-12(13)8-11/h11-13H,1,3-9H2,2H3. The minimum absolute atomic E-state index is 0.173. The summed E-state index contributed by atoms with van der Waals surface area (Å²) in [5, 5.41) is 0. The van der Waals surface area contributed by atoms with Crippen LogP contribution in [0.1, 0.15) is 51.9 Å². The van der Waals surface area contributed by atoms with Crippen LogP contribution in [0.5, 0.6) is 0 Å². The predicted octanol–water partition coefficient (Wildman–Crippen LogP) is 3.46. The van der Waals surface area contributed by atoms with E-state index in [4.69, 9.17) is 4.74 Å². The van der Waals surface area contributed by atoms with Gasteiger partial charge in [0.25, 0.3) is 0 Å². The average Bonchev–Trinajstić information content (AvgIpc) is 2.59. The molecule has 0 aromatic rings. The lowest BCUT2D eigenvalue weighted by Gasteiger charge is -2.20. The highest BCUT2D eigenvalue weighted by Crippen LogP contribution is 2.41. The highest BCUT2D eigenvalue weighted by molar-refractivity contribution is 5.87. The summed E-state index contributed by atoms with van der Waals surface area (Å²) in [6.45, 7) is 5.37. The van der Waals surface area contributed by atoms with E-state index in [1.54, 1.807) is 6.92 Å². The van der Waals surface area contributed by atoms with Crippen molar-refractivity contribution in [1.29, 1.82) is 0 Å². The van der Waals surface area contributed by atoms with Gasteiger partial charge in [0, 0.05) is 5.57 Å². The van der Waals surface area contributed by atoms with Crippen molar-refractivity contribution >= 4 is 5.97 Å². The van der Waals surface area contributed by atoms with Gasteiger partial charge in [0.2, 0.25) is 0 Å². The summed E-state index contributed by atoms with van der Waals surface area (Å²) in [4.78, 5) is 11.5. The number of carbonyl (C=O) groups is 1. The van der Waals surface area contributed by atoms with Gasteiger partial charge in [-0.15, -0.1) is 0 Å². The zero-order valence-corrected chi connectivity index (χ0v) is 10.2. The second-order valence-electron chi connectivity index (χ2n) is 5.46. The molecule has 2 heteroatoms. The first-order valence-corrected chi connectivity index (χ1v) is 6.53. The van der Waals surface area contributed by atoms with Crippen molar-refractivity contribution in [2.45, 2.75) is 58.0 Å². The minimum atomic E-state index is -0.199. The molecule has 0 saturated heterocycles. The Balaban J connectivity index is 1.94. The fourth-order valence-electron chi connectivity index (χ4n) is 3.14. The van der Waals surface area contributed by atoms with Crippen LogP contribution >= 0.6 is 0 Å². The molecule has 2 aliphatic rings. The Labute approximate surface area is 98.1 Å². The fraction of sp³-hybridized carbons (Fsp3) is 0.786. The maximum atomic E-state index is 11.5. The smallest absolute Gasteiger partial charge is 0.333 e. The van der Waals surface area contributed by atoms with E-state index in [0.717, 1.165) is 12.3 Å². The molecule has 2 bridgehead atoms. The quantitative estimate of drug-likeness (QED) is 0.528. The molecule has 90 valence electrons. The zero-order chi connectivity index (χ0) is 11.5. The van der Waals surface area contributed by atoms with Gasteiger partial charge in [-0.1, -0.05) is 32.3 Å². The van der Waals surface area contributed by atoms with E-state index in [1.165, 1.54) is 38.5 Å². The first-order chi connectivity index (χ1) is 7.66. The van der Waals surface area contributed by atoms with Crippen LogP contribution in [0.25, 0.3) is 0 Å². The second-order valence-corrected chi connectivity index (χ2v) is 5.46. The van der Waals surface area contributed by atoms with Crippen LogP contribution in [0.3, 0.4) is 0 Å². The highest BCUT2D eigenvalue weighted by atomic mass is 16.5. The Hall–Kier alpha value is -0.790. The number of carbonyl (C=O) groups excluding carboxylic acids is 1. The van der Waals surface area contributed by atoms with Crippen LogP contribution in [0, 0.1) is 11.8 Å². The molecule has 0 radical (unpaired) electrons. The molecule has 0 aromatic heterocycles. The van der Waals surface area contributed by atoms with Crippen LogP contribution < -0.4 is 0 Å². The summed E-state index contributed by atoms with van der Waals surface area (Å²) in [7, 11) is 0. The molecule has 0 heterocycles. The van der Waals surface area contributed by atoms with Crippen LogP contribution in [0.4, 0.5) is 0 Å². The van der Waals surface area contributed by atoms with Crippen LogP contribution in [-0.2, 0) is 9.53 Å². The molecule has 0 aromatic carbocycles. The van der Waals surface area contributed by atoms with Gasteiger partial charge in [-0.2, -0.15) is 0 Å². The van der Waals surface area contributed by atoms with E-state index < -0.39 is 0 Å². The maximum Gasteiger partial charge on any atom is 0.333 e. The van der Waals surface area contributed by atoms with Crippen LogP contribution in [0.15, 0.2) is 12.2 Å². The fourth-order valence-corrected chi connectivity index (χ4v) is 3.14. The van der Waals surface area contributed by atoms with Gasteiger partial charge in [-0.3, -0.25) is 0 Å². The molecule has 2 aliphatic carbocycles. The summed E-state index contributed by atoms with van der Waals surface area (Å²) in [6.07, 6.45) is 9.12. The van der Waals surface area contributed by atoms with E-state index in [2.05, 4.69) is 6.58 Å². The third-order valence-corrected chi connectivity index (χ3v) is 4.02. The number of hydrogen-bond donors (Lipinski definition) is 0. The van der Waals surface area contributed by atoms with Gasteiger partial charge < -0.3 is 4.74 Å². The molecule has 3 atom stereocenters. The largest absolute Gasteiger partial charge is 0.459 e. The molecule has 2 nitrogen and oxygen atoms in total. The second kappa shape index (κ2) is 5.03. The van der Waals surface area contributed by atoms with E-state index >= 15 is 0 Å². The number of fused-ring (bicyclic) bond motifs is 2. The van der Waals surface area contributed by atoms with Crippen molar-refractivity contribution in [2.75, 3.05) is 0 Å². The Kier molecular flexibility index (Phi) is 3.67. The third-order valence-electron chi connectivity index (χ3n) is 4.02. The number of ether oxygens (including phenoxy) is 1. The lowest BCUT2D eigenvalue weighted by Crippen LogP contribution is -2.22. The predicted molar refractivity (Wildman–Crippen MR) is 64.0 cm³/mol. The molecule has 3 unspecified atom stereocenters. The van der Waals surface area contributed by atoms with E-state index in [1.807, 2.05) is 0 Å². The number of hydrogen-bond acceptors (Lipinski definition) is 2. The summed E-state index contributed by atoms with van der Waals surface area (Å²) in [6, 6.07) is 0. The van der Waals surface area contributed by atoms with Gasteiger partial charge in [-0.05, 0) is 38.0 Å². The van der Waals surface area contributed by atoms with E-state index in [9.17, 15) is 4.79 Å². The van der Waals surface area contributed by atoms with E-state index in [0.29, 0.717) is 11.5 Å². The molecule has 2 fully saturated rings. The SMILES string of the molecule is C=C(C)C(=O)OC1CC2CCCCCC1C2.